The number of rotatable bonds is 20. The van der Waals surface area contributed by atoms with Crippen LogP contribution in [0.5, 0.6) is 0 Å². The summed E-state index contributed by atoms with van der Waals surface area (Å²) in [5.41, 5.74) is 29.0. The number of aryl methyl sites for hydroxylation is 4. The van der Waals surface area contributed by atoms with Gasteiger partial charge in [-0.3, -0.25) is 19.2 Å². The Bertz CT molecular complexity index is 4360. The Labute approximate surface area is 580 Å². The van der Waals surface area contributed by atoms with E-state index in [9.17, 15) is 36.7 Å². The molecule has 0 fully saturated rings. The molecule has 8 aromatic rings. The summed E-state index contributed by atoms with van der Waals surface area (Å²) in [7, 11) is 0. The van der Waals surface area contributed by atoms with Crippen molar-refractivity contribution in [2.45, 2.75) is 75.5 Å². The SMILES string of the molecule is N#Cc1ccc(C(=O)Nc2ccc(CC[C@H]3COC(N)=N3)cc2)cn1.NC1=N[C@@H](CCc2ccc(NC(=O)c3cc(F)cnc3F)cc2)CO1.NC1=N[C@@H](CCc2ccc(NC(=O)c3ccc(F)nc3F)cc2)CO1.NC1=N[C@@H](CCc2ccc(NC(=O)c3cnc(Cl)c(Cl)c3)cc2)CO1. The van der Waals surface area contributed by atoms with Crippen LogP contribution in [-0.2, 0) is 44.6 Å². The van der Waals surface area contributed by atoms with Gasteiger partial charge in [-0.15, -0.1) is 0 Å². The zero-order valence-corrected chi connectivity index (χ0v) is 54.6. The summed E-state index contributed by atoms with van der Waals surface area (Å²) in [6, 6.07) is 40.1. The summed E-state index contributed by atoms with van der Waals surface area (Å²) in [4.78, 5) is 79.0. The number of carbonyl (C=O) groups excluding carboxylic acids is 4. The number of nitriles is 1. The van der Waals surface area contributed by atoms with Gasteiger partial charge in [-0.05, 0) is 159 Å². The molecule has 12 N–H and O–H groups in total. The molecule has 0 unspecified atom stereocenters. The minimum atomic E-state index is -1.15. The molecule has 12 rings (SSSR count). The van der Waals surface area contributed by atoms with Crippen LogP contribution in [0.2, 0.25) is 10.2 Å². The average Bonchev–Trinajstić information content (AvgIpc) is 1.30. The standard InChI is InChI=1S/C18H17N5O2.C17H16Cl2N4O2.2C17H16F2N4O2/c19-9-15-8-4-13(10-21-15)17(24)22-14-5-1-12(2-6-14)3-7-16-11-25-18(20)23-16;18-14-7-11(8-21-15(14)19)16(24)22-12-4-1-10(2-5-12)3-6-13-9-25-17(20)23-13;18-11-7-14(15(19)21-8-11)16(24)22-12-4-1-10(2-5-12)3-6-13-9-25-17(20)23-13;18-14-8-7-13(15(19)23-14)16(24)21-11-4-1-10(2-5-11)3-6-12-9-25-17(20)22-12/h1-2,4-6,8,10,16H,3,7,11H2,(H2,20,23)(H,22,24);2*1-2,4-5,7-8,13H,3,6,9H2,(H2,20,23)(H,22,24);1-2,4-5,7-8,12H,3,6,9H2,(H2,20,22)(H,21,24)/t16-;2*13-;12-/m0000/s1. The molecular formula is C69H65Cl2F4N17O8. The average molecular weight is 1410 g/mol. The lowest BCUT2D eigenvalue weighted by atomic mass is 10.1. The van der Waals surface area contributed by atoms with Gasteiger partial charge in [0.15, 0.2) is 0 Å². The van der Waals surface area contributed by atoms with Crippen molar-refractivity contribution >= 4 is 93.7 Å². The molecule has 0 saturated heterocycles. The van der Waals surface area contributed by atoms with Crippen LogP contribution in [0.3, 0.4) is 0 Å². The number of halogens is 6. The molecule has 8 heterocycles. The van der Waals surface area contributed by atoms with Crippen molar-refractivity contribution in [1.29, 1.82) is 5.26 Å². The lowest BCUT2D eigenvalue weighted by molar-refractivity contribution is 0.101. The Kier molecular flexibility index (Phi) is 25.7. The van der Waals surface area contributed by atoms with Gasteiger partial charge in [0, 0.05) is 35.1 Å². The number of hydrogen-bond acceptors (Lipinski definition) is 21. The summed E-state index contributed by atoms with van der Waals surface area (Å²) in [5, 5.41) is 19.8. The molecule has 31 heteroatoms. The number of carbonyl (C=O) groups is 4. The Morgan fingerprint density at radius 3 is 1.18 bits per heavy atom. The van der Waals surface area contributed by atoms with Crippen LogP contribution in [0.15, 0.2) is 172 Å². The largest absolute Gasteiger partial charge is 0.463 e. The molecule has 100 heavy (non-hydrogen) atoms. The van der Waals surface area contributed by atoms with Crippen LogP contribution in [0.25, 0.3) is 0 Å². The van der Waals surface area contributed by atoms with E-state index in [4.69, 9.17) is 70.3 Å². The van der Waals surface area contributed by atoms with E-state index in [1.807, 2.05) is 78.9 Å². The van der Waals surface area contributed by atoms with Crippen molar-refractivity contribution in [3.63, 3.8) is 0 Å². The van der Waals surface area contributed by atoms with Crippen molar-refractivity contribution in [1.82, 2.24) is 19.9 Å². The summed E-state index contributed by atoms with van der Waals surface area (Å²) < 4.78 is 73.3. The van der Waals surface area contributed by atoms with Gasteiger partial charge in [0.05, 0.1) is 57.6 Å². The minimum Gasteiger partial charge on any atom is -0.463 e. The van der Waals surface area contributed by atoms with Gasteiger partial charge in [-0.25, -0.2) is 39.3 Å². The normalized spacial score (nSPS) is 16.1. The molecule has 4 atom stereocenters. The maximum atomic E-state index is 13.5. The van der Waals surface area contributed by atoms with E-state index in [2.05, 4.69) is 61.2 Å². The molecule has 0 spiro atoms. The van der Waals surface area contributed by atoms with Crippen molar-refractivity contribution in [2.75, 3.05) is 47.7 Å². The summed E-state index contributed by atoms with van der Waals surface area (Å²) in [5.74, 6) is -5.93. The zero-order valence-electron chi connectivity index (χ0n) is 53.1. The van der Waals surface area contributed by atoms with Crippen LogP contribution < -0.4 is 44.2 Å². The summed E-state index contributed by atoms with van der Waals surface area (Å²) in [6.45, 7) is 2.07. The second-order valence-electron chi connectivity index (χ2n) is 22.5. The predicted octanol–water partition coefficient (Wildman–Crippen LogP) is 9.65. The maximum Gasteiger partial charge on any atom is 0.282 e. The summed E-state index contributed by atoms with van der Waals surface area (Å²) >= 11 is 11.6. The smallest absolute Gasteiger partial charge is 0.282 e. The molecule has 4 amide bonds. The van der Waals surface area contributed by atoms with E-state index in [0.29, 0.717) is 66.5 Å². The predicted molar refractivity (Wildman–Crippen MR) is 368 cm³/mol. The highest BCUT2D eigenvalue weighted by Gasteiger charge is 2.22. The first-order valence-corrected chi connectivity index (χ1v) is 31.7. The van der Waals surface area contributed by atoms with E-state index in [-0.39, 0.29) is 81.5 Å². The molecular weight excluding hydrogens is 1340 g/mol. The molecule has 0 aliphatic carbocycles. The highest BCUT2D eigenvalue weighted by atomic mass is 35.5. The van der Waals surface area contributed by atoms with Crippen LogP contribution in [-0.4, -0.2) is 118 Å². The maximum absolute atomic E-state index is 13.5. The van der Waals surface area contributed by atoms with Gasteiger partial charge in [-0.1, -0.05) is 71.7 Å². The van der Waals surface area contributed by atoms with E-state index < -0.39 is 41.0 Å². The number of aliphatic imine (C=N–C) groups is 4. The van der Waals surface area contributed by atoms with Gasteiger partial charge in [-0.2, -0.15) is 23.4 Å². The number of nitrogens with one attached hydrogen (secondary N) is 4. The number of nitrogens with zero attached hydrogens (tertiary/aromatic N) is 9. The fourth-order valence-electron chi connectivity index (χ4n) is 9.79. The number of ether oxygens (including phenoxy) is 4. The van der Waals surface area contributed by atoms with E-state index in [1.54, 1.807) is 30.3 Å². The number of pyridine rings is 4. The molecule has 4 aromatic carbocycles. The van der Waals surface area contributed by atoms with E-state index >= 15 is 0 Å². The number of anilines is 4. The van der Waals surface area contributed by atoms with Gasteiger partial charge in [0.25, 0.3) is 47.7 Å². The van der Waals surface area contributed by atoms with Crippen molar-refractivity contribution < 1.29 is 55.7 Å². The van der Waals surface area contributed by atoms with Crippen molar-refractivity contribution in [2.24, 2.45) is 42.9 Å². The van der Waals surface area contributed by atoms with Gasteiger partial charge < -0.3 is 63.1 Å². The number of benzene rings is 4. The van der Waals surface area contributed by atoms with Crippen LogP contribution in [0, 0.1) is 35.0 Å². The molecule has 4 aliphatic heterocycles. The number of nitrogens with two attached hydrogens (primary N) is 4. The van der Waals surface area contributed by atoms with E-state index in [1.165, 1.54) is 24.5 Å². The fourth-order valence-corrected chi connectivity index (χ4v) is 10.1. The Hall–Kier alpha value is -11.8. The topological polar surface area (TPSA) is 382 Å². The first kappa shape index (κ1) is 72.5. The number of amides is 4. The monoisotopic (exact) mass is 1410 g/mol. The van der Waals surface area contributed by atoms with Gasteiger partial charge in [0.1, 0.15) is 49.2 Å². The Morgan fingerprint density at radius 2 is 0.830 bits per heavy atom. The van der Waals surface area contributed by atoms with Crippen molar-refractivity contribution in [3.05, 3.63) is 236 Å². The lowest BCUT2D eigenvalue weighted by Crippen LogP contribution is -2.15. The molecule has 0 bridgehead atoms. The van der Waals surface area contributed by atoms with Crippen LogP contribution >= 0.6 is 23.2 Å². The third kappa shape index (κ3) is 22.4. The third-order valence-electron chi connectivity index (χ3n) is 15.2. The van der Waals surface area contributed by atoms with E-state index in [0.717, 1.165) is 91.8 Å². The molecule has 4 aromatic heterocycles. The highest BCUT2D eigenvalue weighted by molar-refractivity contribution is 6.41. The summed E-state index contributed by atoms with van der Waals surface area (Å²) in [6.07, 6.45) is 10.1. The van der Waals surface area contributed by atoms with Crippen LogP contribution in [0.4, 0.5) is 40.3 Å². The Morgan fingerprint density at radius 1 is 0.450 bits per heavy atom. The van der Waals surface area contributed by atoms with Gasteiger partial charge >= 0.3 is 0 Å². The van der Waals surface area contributed by atoms with Gasteiger partial charge in [0.2, 0.25) is 17.8 Å². The lowest BCUT2D eigenvalue weighted by Gasteiger charge is -2.08. The first-order valence-electron chi connectivity index (χ1n) is 30.9. The quantitative estimate of drug-likeness (QED) is 0.0260. The Balaban J connectivity index is 0.000000156. The zero-order chi connectivity index (χ0) is 71.1. The molecule has 516 valence electrons. The fraction of sp³-hybridized carbons (Fsp3) is 0.232. The highest BCUT2D eigenvalue weighted by Crippen LogP contribution is 2.24. The van der Waals surface area contributed by atoms with Crippen LogP contribution in [0.1, 0.15) is 95.1 Å². The number of aromatic nitrogens is 4. The molecule has 25 nitrogen and oxygen atoms in total. The first-order chi connectivity index (χ1) is 48.2. The van der Waals surface area contributed by atoms with Crippen molar-refractivity contribution in [3.8, 4) is 6.07 Å². The number of hydrogen-bond donors (Lipinski definition) is 8. The minimum absolute atomic E-state index is 0.0582. The molecule has 0 saturated carbocycles. The second-order valence-corrected chi connectivity index (χ2v) is 23.3. The third-order valence-corrected chi connectivity index (χ3v) is 15.8. The number of amidine groups is 4. The molecule has 4 aliphatic rings. The molecule has 0 radical (unpaired) electrons. The second kappa shape index (κ2) is 35.5.